The van der Waals surface area contributed by atoms with Crippen LogP contribution in [-0.4, -0.2) is 64.8 Å². The minimum absolute atomic E-state index is 0.579. The number of nitrogens with zero attached hydrogens (tertiary/aromatic N) is 5. The van der Waals surface area contributed by atoms with E-state index in [1.165, 1.54) is 0 Å². The summed E-state index contributed by atoms with van der Waals surface area (Å²) in [6, 6.07) is 5.61. The molecule has 0 bridgehead atoms. The van der Waals surface area contributed by atoms with Crippen LogP contribution in [-0.2, 0) is 11.3 Å². The molecule has 7 nitrogen and oxygen atoms in total. The smallest absolute Gasteiger partial charge is 0.213 e. The van der Waals surface area contributed by atoms with Crippen LogP contribution in [0.15, 0.2) is 24.4 Å². The molecular formula is C14H19N5O2. The molecule has 0 aliphatic carbocycles. The highest BCUT2D eigenvalue weighted by atomic mass is 16.5. The molecule has 2 aromatic heterocycles. The van der Waals surface area contributed by atoms with Gasteiger partial charge in [0.1, 0.15) is 5.69 Å². The molecule has 1 saturated heterocycles. The Hall–Kier alpha value is -1.99. The molecule has 1 fully saturated rings. The van der Waals surface area contributed by atoms with Crippen LogP contribution in [0.5, 0.6) is 5.88 Å². The number of hydrogen-bond acceptors (Lipinski definition) is 6. The van der Waals surface area contributed by atoms with Gasteiger partial charge in [-0.3, -0.25) is 9.58 Å². The van der Waals surface area contributed by atoms with Gasteiger partial charge in [-0.1, -0.05) is 11.3 Å². The Bertz CT molecular complexity index is 580. The van der Waals surface area contributed by atoms with Gasteiger partial charge in [0.05, 0.1) is 38.8 Å². The lowest BCUT2D eigenvalue weighted by Gasteiger charge is -2.26. The topological polar surface area (TPSA) is 65.3 Å². The normalized spacial score (nSPS) is 16.0. The minimum atomic E-state index is 0.579. The molecule has 1 aliphatic rings. The van der Waals surface area contributed by atoms with E-state index in [4.69, 9.17) is 9.47 Å². The Kier molecular flexibility index (Phi) is 4.42. The molecule has 2 aromatic rings. The van der Waals surface area contributed by atoms with E-state index in [9.17, 15) is 0 Å². The Morgan fingerprint density at radius 1 is 1.19 bits per heavy atom. The number of ether oxygens (including phenoxy) is 2. The van der Waals surface area contributed by atoms with E-state index in [1.54, 1.807) is 7.11 Å². The third-order valence-electron chi connectivity index (χ3n) is 3.48. The molecule has 0 N–H and O–H groups in total. The fourth-order valence-electron chi connectivity index (χ4n) is 2.26. The summed E-state index contributed by atoms with van der Waals surface area (Å²) in [7, 11) is 1.60. The number of hydrogen-bond donors (Lipinski definition) is 0. The van der Waals surface area contributed by atoms with E-state index in [0.717, 1.165) is 50.8 Å². The molecule has 0 radical (unpaired) electrons. The third kappa shape index (κ3) is 3.56. The summed E-state index contributed by atoms with van der Waals surface area (Å²) < 4.78 is 12.3. The van der Waals surface area contributed by atoms with Gasteiger partial charge in [0.15, 0.2) is 0 Å². The van der Waals surface area contributed by atoms with E-state index >= 15 is 0 Å². The van der Waals surface area contributed by atoms with Gasteiger partial charge in [0, 0.05) is 25.7 Å². The van der Waals surface area contributed by atoms with Gasteiger partial charge in [-0.05, 0) is 6.07 Å². The monoisotopic (exact) mass is 289 g/mol. The summed E-state index contributed by atoms with van der Waals surface area (Å²) >= 11 is 0. The zero-order chi connectivity index (χ0) is 14.5. The van der Waals surface area contributed by atoms with E-state index in [0.29, 0.717) is 5.88 Å². The predicted octanol–water partition coefficient (Wildman–Crippen LogP) is 0.681. The summed E-state index contributed by atoms with van der Waals surface area (Å²) in [4.78, 5) is 6.73. The van der Waals surface area contributed by atoms with Crippen LogP contribution in [0.2, 0.25) is 0 Å². The average Bonchev–Trinajstić information content (AvgIpc) is 3.03. The predicted molar refractivity (Wildman–Crippen MR) is 77.1 cm³/mol. The molecule has 21 heavy (non-hydrogen) atoms. The SMILES string of the molecule is COc1cccc(-c2cn(CCN3CCOCC3)nn2)n1. The number of rotatable bonds is 5. The Balaban J connectivity index is 1.62. The largest absolute Gasteiger partial charge is 0.481 e. The van der Waals surface area contributed by atoms with Gasteiger partial charge in [-0.25, -0.2) is 4.98 Å². The van der Waals surface area contributed by atoms with Crippen molar-refractivity contribution in [1.29, 1.82) is 0 Å². The van der Waals surface area contributed by atoms with E-state index in [2.05, 4.69) is 20.2 Å². The van der Waals surface area contributed by atoms with Gasteiger partial charge in [0.25, 0.3) is 0 Å². The second kappa shape index (κ2) is 6.64. The fourth-order valence-corrected chi connectivity index (χ4v) is 2.26. The molecular weight excluding hydrogens is 270 g/mol. The highest BCUT2D eigenvalue weighted by molar-refractivity contribution is 5.52. The average molecular weight is 289 g/mol. The summed E-state index contributed by atoms with van der Waals surface area (Å²) in [6.07, 6.45) is 1.92. The molecule has 7 heteroatoms. The Morgan fingerprint density at radius 2 is 2.05 bits per heavy atom. The summed E-state index contributed by atoms with van der Waals surface area (Å²) in [6.45, 7) is 5.37. The molecule has 0 aromatic carbocycles. The van der Waals surface area contributed by atoms with Crippen molar-refractivity contribution < 1.29 is 9.47 Å². The van der Waals surface area contributed by atoms with Crippen LogP contribution in [0.1, 0.15) is 0 Å². The van der Waals surface area contributed by atoms with E-state index in [1.807, 2.05) is 29.1 Å². The maximum atomic E-state index is 5.34. The zero-order valence-electron chi connectivity index (χ0n) is 12.1. The second-order valence-electron chi connectivity index (χ2n) is 4.89. The highest BCUT2D eigenvalue weighted by Crippen LogP contribution is 2.16. The summed E-state index contributed by atoms with van der Waals surface area (Å²) in [5.74, 6) is 0.579. The molecule has 0 spiro atoms. The molecule has 112 valence electrons. The van der Waals surface area contributed by atoms with E-state index in [-0.39, 0.29) is 0 Å². The molecule has 0 amide bonds. The van der Waals surface area contributed by atoms with Crippen molar-refractivity contribution in [3.63, 3.8) is 0 Å². The minimum Gasteiger partial charge on any atom is -0.481 e. The first-order valence-electron chi connectivity index (χ1n) is 7.07. The van der Waals surface area contributed by atoms with Crippen LogP contribution >= 0.6 is 0 Å². The van der Waals surface area contributed by atoms with Gasteiger partial charge < -0.3 is 9.47 Å². The molecule has 0 unspecified atom stereocenters. The van der Waals surface area contributed by atoms with Gasteiger partial charge >= 0.3 is 0 Å². The first kappa shape index (κ1) is 14.0. The van der Waals surface area contributed by atoms with Crippen LogP contribution in [0.25, 0.3) is 11.4 Å². The lowest BCUT2D eigenvalue weighted by molar-refractivity contribution is 0.0359. The first-order valence-corrected chi connectivity index (χ1v) is 7.07. The Morgan fingerprint density at radius 3 is 2.86 bits per heavy atom. The number of aromatic nitrogens is 4. The quantitative estimate of drug-likeness (QED) is 0.806. The molecule has 0 atom stereocenters. The van der Waals surface area contributed by atoms with Crippen molar-refractivity contribution in [2.24, 2.45) is 0 Å². The van der Waals surface area contributed by atoms with Crippen molar-refractivity contribution in [3.05, 3.63) is 24.4 Å². The molecule has 0 saturated carbocycles. The van der Waals surface area contributed by atoms with Crippen molar-refractivity contribution in [2.45, 2.75) is 6.54 Å². The third-order valence-corrected chi connectivity index (χ3v) is 3.48. The maximum Gasteiger partial charge on any atom is 0.213 e. The standard InChI is InChI=1S/C14H19N5O2/c1-20-14-4-2-3-12(15-14)13-11-19(17-16-13)6-5-18-7-9-21-10-8-18/h2-4,11H,5-10H2,1H3. The van der Waals surface area contributed by atoms with Crippen LogP contribution in [0.3, 0.4) is 0 Å². The maximum absolute atomic E-state index is 5.34. The van der Waals surface area contributed by atoms with Crippen molar-refractivity contribution in [3.8, 4) is 17.3 Å². The van der Waals surface area contributed by atoms with Crippen LogP contribution in [0.4, 0.5) is 0 Å². The molecule has 3 rings (SSSR count). The Labute approximate surface area is 123 Å². The van der Waals surface area contributed by atoms with E-state index < -0.39 is 0 Å². The molecule has 1 aliphatic heterocycles. The number of methoxy groups -OCH3 is 1. The second-order valence-corrected chi connectivity index (χ2v) is 4.89. The number of morpholine rings is 1. The van der Waals surface area contributed by atoms with Crippen LogP contribution < -0.4 is 4.74 Å². The van der Waals surface area contributed by atoms with Gasteiger partial charge in [-0.2, -0.15) is 0 Å². The van der Waals surface area contributed by atoms with Crippen molar-refractivity contribution in [1.82, 2.24) is 24.9 Å². The van der Waals surface area contributed by atoms with Crippen molar-refractivity contribution in [2.75, 3.05) is 40.0 Å². The van der Waals surface area contributed by atoms with Gasteiger partial charge in [-0.15, -0.1) is 5.10 Å². The van der Waals surface area contributed by atoms with Crippen LogP contribution in [0, 0.1) is 0 Å². The molecule has 3 heterocycles. The highest BCUT2D eigenvalue weighted by Gasteiger charge is 2.11. The first-order chi connectivity index (χ1) is 10.3. The van der Waals surface area contributed by atoms with Gasteiger partial charge in [0.2, 0.25) is 5.88 Å². The lowest BCUT2D eigenvalue weighted by Crippen LogP contribution is -2.38. The summed E-state index contributed by atoms with van der Waals surface area (Å²) in [5.41, 5.74) is 1.53. The lowest BCUT2D eigenvalue weighted by atomic mass is 10.3. The zero-order valence-corrected chi connectivity index (χ0v) is 12.1. The summed E-state index contributed by atoms with van der Waals surface area (Å²) in [5, 5.41) is 8.34. The number of pyridine rings is 1. The fraction of sp³-hybridized carbons (Fsp3) is 0.500. The van der Waals surface area contributed by atoms with Crippen molar-refractivity contribution >= 4 is 0 Å².